The standard InChI is InChI=1S/C16H24FNO/c1-3-8-18-11-14-5-4-9-19-16(14)13-6-7-15(17)12(2)10-13/h6-7,10,14,16,18H,3-5,8-9,11H2,1-2H3. The van der Waals surface area contributed by atoms with Crippen molar-refractivity contribution < 1.29 is 9.13 Å². The third kappa shape index (κ3) is 3.77. The van der Waals surface area contributed by atoms with E-state index in [1.54, 1.807) is 6.07 Å². The molecular formula is C16H24FNO. The Kier molecular flexibility index (Phi) is 5.34. The molecule has 2 nitrogen and oxygen atoms in total. The zero-order chi connectivity index (χ0) is 13.7. The number of hydrogen-bond acceptors (Lipinski definition) is 2. The van der Waals surface area contributed by atoms with Gasteiger partial charge >= 0.3 is 0 Å². The molecule has 1 heterocycles. The minimum absolute atomic E-state index is 0.109. The Morgan fingerprint density at radius 3 is 3.00 bits per heavy atom. The van der Waals surface area contributed by atoms with Gasteiger partial charge in [0.15, 0.2) is 0 Å². The van der Waals surface area contributed by atoms with Crippen LogP contribution in [-0.4, -0.2) is 19.7 Å². The zero-order valence-electron chi connectivity index (χ0n) is 11.9. The number of rotatable bonds is 5. The Hall–Kier alpha value is -0.930. The molecule has 2 unspecified atom stereocenters. The van der Waals surface area contributed by atoms with Crippen molar-refractivity contribution in [3.8, 4) is 0 Å². The lowest BCUT2D eigenvalue weighted by molar-refractivity contribution is -0.0277. The molecule has 106 valence electrons. The number of ether oxygens (including phenoxy) is 1. The molecule has 0 aliphatic carbocycles. The van der Waals surface area contributed by atoms with E-state index in [1.165, 1.54) is 6.42 Å². The second kappa shape index (κ2) is 7.01. The molecule has 2 rings (SSSR count). The number of halogens is 1. The minimum atomic E-state index is -0.139. The van der Waals surface area contributed by atoms with Crippen LogP contribution in [0.2, 0.25) is 0 Å². The van der Waals surface area contributed by atoms with Crippen molar-refractivity contribution >= 4 is 0 Å². The van der Waals surface area contributed by atoms with Crippen molar-refractivity contribution in [3.63, 3.8) is 0 Å². The van der Waals surface area contributed by atoms with Crippen molar-refractivity contribution in [1.29, 1.82) is 0 Å². The Labute approximate surface area is 115 Å². The van der Waals surface area contributed by atoms with Gasteiger partial charge in [-0.15, -0.1) is 0 Å². The van der Waals surface area contributed by atoms with Crippen LogP contribution in [0, 0.1) is 18.7 Å². The average molecular weight is 265 g/mol. The molecule has 1 aromatic carbocycles. The summed E-state index contributed by atoms with van der Waals surface area (Å²) < 4.78 is 19.3. The summed E-state index contributed by atoms with van der Waals surface area (Å²) in [4.78, 5) is 0. The van der Waals surface area contributed by atoms with Gasteiger partial charge in [-0.05, 0) is 49.9 Å². The van der Waals surface area contributed by atoms with Gasteiger partial charge in [-0.1, -0.05) is 19.1 Å². The summed E-state index contributed by atoms with van der Waals surface area (Å²) in [6.07, 6.45) is 3.55. The van der Waals surface area contributed by atoms with Gasteiger partial charge < -0.3 is 10.1 Å². The SMILES string of the molecule is CCCNCC1CCCOC1c1ccc(F)c(C)c1. The number of hydrogen-bond donors (Lipinski definition) is 1. The van der Waals surface area contributed by atoms with Gasteiger partial charge in [0, 0.05) is 19.1 Å². The quantitative estimate of drug-likeness (QED) is 0.821. The smallest absolute Gasteiger partial charge is 0.126 e. The summed E-state index contributed by atoms with van der Waals surface area (Å²) in [5.74, 6) is 0.352. The topological polar surface area (TPSA) is 21.3 Å². The van der Waals surface area contributed by atoms with Crippen LogP contribution in [0.3, 0.4) is 0 Å². The van der Waals surface area contributed by atoms with Crippen molar-refractivity contribution in [2.45, 2.75) is 39.2 Å². The molecule has 0 aromatic heterocycles. The van der Waals surface area contributed by atoms with Crippen molar-refractivity contribution in [1.82, 2.24) is 5.32 Å². The molecule has 0 saturated carbocycles. The predicted molar refractivity (Wildman–Crippen MR) is 75.7 cm³/mol. The van der Waals surface area contributed by atoms with E-state index in [9.17, 15) is 4.39 Å². The first kappa shape index (κ1) is 14.5. The maximum absolute atomic E-state index is 13.4. The van der Waals surface area contributed by atoms with Crippen LogP contribution in [0.25, 0.3) is 0 Å². The molecule has 3 heteroatoms. The fourth-order valence-electron chi connectivity index (χ4n) is 2.73. The summed E-state index contributed by atoms with van der Waals surface area (Å²) in [7, 11) is 0. The highest BCUT2D eigenvalue weighted by Gasteiger charge is 2.27. The Balaban J connectivity index is 2.07. The number of nitrogens with one attached hydrogen (secondary N) is 1. The molecule has 1 fully saturated rings. The molecule has 1 saturated heterocycles. The molecule has 0 spiro atoms. The van der Waals surface area contributed by atoms with Crippen LogP contribution in [0.1, 0.15) is 43.4 Å². The van der Waals surface area contributed by atoms with Crippen molar-refractivity contribution in [2.75, 3.05) is 19.7 Å². The lowest BCUT2D eigenvalue weighted by Crippen LogP contribution is -2.32. The molecule has 1 aliphatic rings. The summed E-state index contributed by atoms with van der Waals surface area (Å²) in [6, 6.07) is 5.35. The molecule has 0 amide bonds. The Morgan fingerprint density at radius 2 is 2.26 bits per heavy atom. The van der Waals surface area contributed by atoms with E-state index in [2.05, 4.69) is 12.2 Å². The molecule has 1 N–H and O–H groups in total. The van der Waals surface area contributed by atoms with E-state index in [0.717, 1.165) is 38.1 Å². The van der Waals surface area contributed by atoms with Crippen LogP contribution in [0.5, 0.6) is 0 Å². The van der Waals surface area contributed by atoms with E-state index in [-0.39, 0.29) is 11.9 Å². The lowest BCUT2D eigenvalue weighted by Gasteiger charge is -2.32. The molecular weight excluding hydrogens is 241 g/mol. The number of benzene rings is 1. The summed E-state index contributed by atoms with van der Waals surface area (Å²) in [6.45, 7) is 6.82. The van der Waals surface area contributed by atoms with Gasteiger partial charge in [0.05, 0.1) is 6.10 Å². The van der Waals surface area contributed by atoms with E-state index in [4.69, 9.17) is 4.74 Å². The largest absolute Gasteiger partial charge is 0.373 e. The fraction of sp³-hybridized carbons (Fsp3) is 0.625. The Morgan fingerprint density at radius 1 is 1.42 bits per heavy atom. The first-order valence-electron chi connectivity index (χ1n) is 7.30. The van der Waals surface area contributed by atoms with Crippen LogP contribution in [0.4, 0.5) is 4.39 Å². The molecule has 1 aliphatic heterocycles. The predicted octanol–water partition coefficient (Wildman–Crippen LogP) is 3.60. The van der Waals surface area contributed by atoms with Crippen LogP contribution >= 0.6 is 0 Å². The highest BCUT2D eigenvalue weighted by atomic mass is 19.1. The van der Waals surface area contributed by atoms with E-state index < -0.39 is 0 Å². The first-order chi connectivity index (χ1) is 9.22. The molecule has 0 radical (unpaired) electrons. The van der Waals surface area contributed by atoms with Gasteiger partial charge in [-0.25, -0.2) is 4.39 Å². The third-order valence-electron chi connectivity index (χ3n) is 3.79. The molecule has 2 atom stereocenters. The summed E-state index contributed by atoms with van der Waals surface area (Å²) in [5, 5.41) is 3.48. The second-order valence-electron chi connectivity index (χ2n) is 5.41. The van der Waals surface area contributed by atoms with Crippen LogP contribution in [-0.2, 0) is 4.74 Å². The molecule has 19 heavy (non-hydrogen) atoms. The molecule has 0 bridgehead atoms. The highest BCUT2D eigenvalue weighted by molar-refractivity contribution is 5.26. The van der Waals surface area contributed by atoms with Crippen LogP contribution in [0.15, 0.2) is 18.2 Å². The normalized spacial score (nSPS) is 23.5. The summed E-state index contributed by atoms with van der Waals surface area (Å²) in [5.41, 5.74) is 1.81. The second-order valence-corrected chi connectivity index (χ2v) is 5.41. The number of aryl methyl sites for hydroxylation is 1. The summed E-state index contributed by atoms with van der Waals surface area (Å²) >= 11 is 0. The van der Waals surface area contributed by atoms with Crippen LogP contribution < -0.4 is 5.32 Å². The third-order valence-corrected chi connectivity index (χ3v) is 3.79. The lowest BCUT2D eigenvalue weighted by atomic mass is 9.89. The monoisotopic (exact) mass is 265 g/mol. The van der Waals surface area contributed by atoms with Gasteiger partial charge in [0.1, 0.15) is 5.82 Å². The van der Waals surface area contributed by atoms with Crippen molar-refractivity contribution in [3.05, 3.63) is 35.1 Å². The average Bonchev–Trinajstić information content (AvgIpc) is 2.43. The maximum Gasteiger partial charge on any atom is 0.126 e. The highest BCUT2D eigenvalue weighted by Crippen LogP contribution is 2.33. The molecule has 1 aromatic rings. The van der Waals surface area contributed by atoms with E-state index in [0.29, 0.717) is 11.5 Å². The fourth-order valence-corrected chi connectivity index (χ4v) is 2.73. The minimum Gasteiger partial charge on any atom is -0.373 e. The zero-order valence-corrected chi connectivity index (χ0v) is 11.9. The Bertz CT molecular complexity index is 408. The van der Waals surface area contributed by atoms with Gasteiger partial charge in [0.2, 0.25) is 0 Å². The van der Waals surface area contributed by atoms with Crippen molar-refractivity contribution in [2.24, 2.45) is 5.92 Å². The van der Waals surface area contributed by atoms with E-state index in [1.807, 2.05) is 19.1 Å². The first-order valence-corrected chi connectivity index (χ1v) is 7.30. The van der Waals surface area contributed by atoms with E-state index >= 15 is 0 Å². The van der Waals surface area contributed by atoms with Gasteiger partial charge in [0.25, 0.3) is 0 Å². The maximum atomic E-state index is 13.4. The van der Waals surface area contributed by atoms with Gasteiger partial charge in [-0.2, -0.15) is 0 Å². The van der Waals surface area contributed by atoms with Gasteiger partial charge in [-0.3, -0.25) is 0 Å².